The van der Waals surface area contributed by atoms with Crippen molar-refractivity contribution in [3.63, 3.8) is 0 Å². The number of rotatable bonds is 6. The van der Waals surface area contributed by atoms with Crippen molar-refractivity contribution < 1.29 is 14.2 Å². The van der Waals surface area contributed by atoms with Gasteiger partial charge in [0, 0.05) is 31.3 Å². The Bertz CT molecular complexity index is 461. The van der Waals surface area contributed by atoms with Gasteiger partial charge in [0.2, 0.25) is 0 Å². The summed E-state index contributed by atoms with van der Waals surface area (Å²) < 4.78 is 16.4. The zero-order valence-corrected chi connectivity index (χ0v) is 13.8. The second-order valence-corrected chi connectivity index (χ2v) is 5.89. The van der Waals surface area contributed by atoms with Gasteiger partial charge < -0.3 is 14.2 Å². The SMILES string of the molecule is COc1cc(OC)c(CN(C)CC2CCCCO2)cc1Cl. The minimum absolute atomic E-state index is 0.337. The number of benzene rings is 1. The smallest absolute Gasteiger partial charge is 0.141 e. The number of methoxy groups -OCH3 is 2. The van der Waals surface area contributed by atoms with Crippen LogP contribution in [0.3, 0.4) is 0 Å². The predicted octanol–water partition coefficient (Wildman–Crippen LogP) is 3.36. The zero-order chi connectivity index (χ0) is 15.2. The lowest BCUT2D eigenvalue weighted by Crippen LogP contribution is -2.33. The van der Waals surface area contributed by atoms with Crippen LogP contribution in [0, 0.1) is 0 Å². The first-order valence-corrected chi connectivity index (χ1v) is 7.72. The predicted molar refractivity (Wildman–Crippen MR) is 84.5 cm³/mol. The number of likely N-dealkylation sites (N-methyl/N-ethyl adjacent to an activating group) is 1. The van der Waals surface area contributed by atoms with Crippen molar-refractivity contribution in [1.82, 2.24) is 4.90 Å². The molecular formula is C16H24ClNO3. The molecule has 1 aromatic rings. The van der Waals surface area contributed by atoms with E-state index in [0.717, 1.165) is 37.4 Å². The Morgan fingerprint density at radius 2 is 2.00 bits per heavy atom. The molecular weight excluding hydrogens is 290 g/mol. The molecule has 0 amide bonds. The van der Waals surface area contributed by atoms with Gasteiger partial charge in [-0.1, -0.05) is 11.6 Å². The molecule has 4 nitrogen and oxygen atoms in total. The Morgan fingerprint density at radius 3 is 2.62 bits per heavy atom. The van der Waals surface area contributed by atoms with Gasteiger partial charge in [0.1, 0.15) is 11.5 Å². The molecule has 0 aliphatic carbocycles. The van der Waals surface area contributed by atoms with Crippen molar-refractivity contribution in [2.24, 2.45) is 0 Å². The second-order valence-electron chi connectivity index (χ2n) is 5.48. The van der Waals surface area contributed by atoms with E-state index in [9.17, 15) is 0 Å². The summed E-state index contributed by atoms with van der Waals surface area (Å²) in [4.78, 5) is 2.25. The second kappa shape index (κ2) is 7.87. The molecule has 0 N–H and O–H groups in total. The fraction of sp³-hybridized carbons (Fsp3) is 0.625. The number of halogens is 1. The van der Waals surface area contributed by atoms with Crippen LogP contribution in [0.15, 0.2) is 12.1 Å². The fourth-order valence-corrected chi connectivity index (χ4v) is 2.96. The zero-order valence-electron chi connectivity index (χ0n) is 13.0. The molecule has 1 unspecified atom stereocenters. The maximum atomic E-state index is 6.21. The molecule has 2 rings (SSSR count). The first-order chi connectivity index (χ1) is 10.1. The Balaban J connectivity index is 2.02. The van der Waals surface area contributed by atoms with Crippen molar-refractivity contribution in [2.45, 2.75) is 31.9 Å². The van der Waals surface area contributed by atoms with E-state index in [1.54, 1.807) is 14.2 Å². The molecule has 0 aromatic heterocycles. The van der Waals surface area contributed by atoms with Gasteiger partial charge in [0.25, 0.3) is 0 Å². The van der Waals surface area contributed by atoms with Gasteiger partial charge in [0.05, 0.1) is 25.3 Å². The average molecular weight is 314 g/mol. The lowest BCUT2D eigenvalue weighted by atomic mass is 10.1. The molecule has 0 radical (unpaired) electrons. The highest BCUT2D eigenvalue weighted by Crippen LogP contribution is 2.33. The third kappa shape index (κ3) is 4.50. The van der Waals surface area contributed by atoms with Crippen molar-refractivity contribution >= 4 is 11.6 Å². The molecule has 1 aliphatic rings. The van der Waals surface area contributed by atoms with Gasteiger partial charge in [0.15, 0.2) is 0 Å². The number of hydrogen-bond acceptors (Lipinski definition) is 4. The first-order valence-electron chi connectivity index (χ1n) is 7.34. The van der Waals surface area contributed by atoms with Gasteiger partial charge in [-0.3, -0.25) is 4.90 Å². The molecule has 0 saturated carbocycles. The van der Waals surface area contributed by atoms with Crippen LogP contribution < -0.4 is 9.47 Å². The molecule has 118 valence electrons. The third-order valence-corrected chi connectivity index (χ3v) is 4.08. The molecule has 1 atom stereocenters. The highest BCUT2D eigenvalue weighted by molar-refractivity contribution is 6.32. The molecule has 5 heteroatoms. The topological polar surface area (TPSA) is 30.9 Å². The standard InChI is InChI=1S/C16H24ClNO3/c1-18(11-13-6-4-5-7-21-13)10-12-8-14(17)16(20-3)9-15(12)19-2/h8-9,13H,4-7,10-11H2,1-3H3. The van der Waals surface area contributed by atoms with Crippen molar-refractivity contribution in [3.8, 4) is 11.5 Å². The highest BCUT2D eigenvalue weighted by atomic mass is 35.5. The molecule has 0 bridgehead atoms. The summed E-state index contributed by atoms with van der Waals surface area (Å²) in [5.74, 6) is 1.43. The van der Waals surface area contributed by atoms with Gasteiger partial charge in [-0.2, -0.15) is 0 Å². The number of nitrogens with zero attached hydrogens (tertiary/aromatic N) is 1. The van der Waals surface area contributed by atoms with Crippen LogP contribution in [0.4, 0.5) is 0 Å². The minimum atomic E-state index is 0.337. The van der Waals surface area contributed by atoms with Crippen LogP contribution >= 0.6 is 11.6 Å². The van der Waals surface area contributed by atoms with Crippen LogP contribution in [0.25, 0.3) is 0 Å². The summed E-state index contributed by atoms with van der Waals surface area (Å²) in [6.07, 6.45) is 3.92. The summed E-state index contributed by atoms with van der Waals surface area (Å²) in [5.41, 5.74) is 1.06. The van der Waals surface area contributed by atoms with Crippen molar-refractivity contribution in [2.75, 3.05) is 34.4 Å². The normalized spacial score (nSPS) is 18.8. The van der Waals surface area contributed by atoms with E-state index in [1.165, 1.54) is 12.8 Å². The highest BCUT2D eigenvalue weighted by Gasteiger charge is 2.17. The Labute approximate surface area is 131 Å². The molecule has 0 spiro atoms. The van der Waals surface area contributed by atoms with Gasteiger partial charge in [-0.15, -0.1) is 0 Å². The molecule has 1 aromatic carbocycles. The first kappa shape index (κ1) is 16.4. The van der Waals surface area contributed by atoms with Crippen LogP contribution in [0.5, 0.6) is 11.5 Å². The number of ether oxygens (including phenoxy) is 3. The lowest BCUT2D eigenvalue weighted by molar-refractivity contribution is -0.00267. The van der Waals surface area contributed by atoms with Crippen molar-refractivity contribution in [1.29, 1.82) is 0 Å². The molecule has 1 heterocycles. The molecule has 1 aliphatic heterocycles. The molecule has 1 saturated heterocycles. The van der Waals surface area contributed by atoms with Crippen LogP contribution in [0.1, 0.15) is 24.8 Å². The number of hydrogen-bond donors (Lipinski definition) is 0. The van der Waals surface area contributed by atoms with E-state index in [-0.39, 0.29) is 0 Å². The summed E-state index contributed by atoms with van der Waals surface area (Å²) in [6.45, 7) is 2.58. The monoisotopic (exact) mass is 313 g/mol. The van der Waals surface area contributed by atoms with E-state index in [0.29, 0.717) is 16.9 Å². The van der Waals surface area contributed by atoms with Crippen LogP contribution in [0.2, 0.25) is 5.02 Å². The Morgan fingerprint density at radius 1 is 1.24 bits per heavy atom. The van der Waals surface area contributed by atoms with Crippen LogP contribution in [-0.4, -0.2) is 45.4 Å². The van der Waals surface area contributed by atoms with Gasteiger partial charge in [-0.25, -0.2) is 0 Å². The summed E-state index contributed by atoms with van der Waals surface area (Å²) in [6, 6.07) is 3.75. The van der Waals surface area contributed by atoms with Gasteiger partial charge in [-0.05, 0) is 32.4 Å². The van der Waals surface area contributed by atoms with E-state index >= 15 is 0 Å². The van der Waals surface area contributed by atoms with E-state index in [1.807, 2.05) is 12.1 Å². The molecule has 21 heavy (non-hydrogen) atoms. The minimum Gasteiger partial charge on any atom is -0.496 e. The lowest BCUT2D eigenvalue weighted by Gasteiger charge is -2.27. The van der Waals surface area contributed by atoms with E-state index < -0.39 is 0 Å². The molecule has 1 fully saturated rings. The van der Waals surface area contributed by atoms with Gasteiger partial charge >= 0.3 is 0 Å². The maximum Gasteiger partial charge on any atom is 0.141 e. The quantitative estimate of drug-likeness (QED) is 0.806. The van der Waals surface area contributed by atoms with E-state index in [2.05, 4.69) is 11.9 Å². The maximum absolute atomic E-state index is 6.21. The summed E-state index contributed by atoms with van der Waals surface area (Å²) in [7, 11) is 5.36. The Hall–Kier alpha value is -0.970. The largest absolute Gasteiger partial charge is 0.496 e. The third-order valence-electron chi connectivity index (χ3n) is 3.78. The fourth-order valence-electron chi connectivity index (χ4n) is 2.70. The average Bonchev–Trinajstić information content (AvgIpc) is 2.48. The summed E-state index contributed by atoms with van der Waals surface area (Å²) >= 11 is 6.21. The summed E-state index contributed by atoms with van der Waals surface area (Å²) in [5, 5.41) is 0.607. The van der Waals surface area contributed by atoms with E-state index in [4.69, 9.17) is 25.8 Å². The van der Waals surface area contributed by atoms with Crippen molar-refractivity contribution in [3.05, 3.63) is 22.7 Å². The Kier molecular flexibility index (Phi) is 6.15. The van der Waals surface area contributed by atoms with Crippen LogP contribution in [-0.2, 0) is 11.3 Å².